The van der Waals surface area contributed by atoms with Gasteiger partial charge < -0.3 is 14.5 Å². The largest absolute Gasteiger partial charge is 0.497 e. The van der Waals surface area contributed by atoms with Crippen molar-refractivity contribution in [2.75, 3.05) is 27.7 Å². The number of carbonyl (C=O) groups is 1. The van der Waals surface area contributed by atoms with Gasteiger partial charge in [-0.1, -0.05) is 42.5 Å². The van der Waals surface area contributed by atoms with Gasteiger partial charge in [-0.25, -0.2) is 4.79 Å². The third-order valence-corrected chi connectivity index (χ3v) is 7.70. The van der Waals surface area contributed by atoms with Crippen molar-refractivity contribution < 1.29 is 9.53 Å². The van der Waals surface area contributed by atoms with E-state index in [1.165, 1.54) is 5.56 Å². The average Bonchev–Trinajstić information content (AvgIpc) is 3.06. The number of benzene rings is 2. The Labute approximate surface area is 193 Å². The average molecular weight is 436 g/mol. The molecule has 1 saturated carbocycles. The van der Waals surface area contributed by atoms with Crippen LogP contribution in [0.2, 0.25) is 0 Å². The van der Waals surface area contributed by atoms with Crippen molar-refractivity contribution in [2.24, 2.45) is 0 Å². The summed E-state index contributed by atoms with van der Waals surface area (Å²) in [5.41, 5.74) is 2.46. The monoisotopic (exact) mass is 435 g/mol. The summed E-state index contributed by atoms with van der Waals surface area (Å²) < 4.78 is 5.28. The molecule has 0 aromatic heterocycles. The molecule has 2 amide bonds. The minimum atomic E-state index is -0.0913. The van der Waals surface area contributed by atoms with Gasteiger partial charge >= 0.3 is 6.03 Å². The van der Waals surface area contributed by atoms with Gasteiger partial charge in [-0.3, -0.25) is 4.90 Å². The van der Waals surface area contributed by atoms with E-state index in [1.54, 1.807) is 7.11 Å². The number of hydrogen-bond donors (Lipinski definition) is 0. The van der Waals surface area contributed by atoms with Crippen LogP contribution >= 0.6 is 0 Å². The highest BCUT2D eigenvalue weighted by Crippen LogP contribution is 2.49. The lowest BCUT2D eigenvalue weighted by atomic mass is 9.68. The smallest absolute Gasteiger partial charge is 0.321 e. The molecule has 5 heteroatoms. The SMILES string of the molecule is COc1ccc(CN2CC3(CCC(c4ccccc4)(N(C)C)CC3)N(C(C)C)C2=O)cc1. The summed E-state index contributed by atoms with van der Waals surface area (Å²) in [6, 6.07) is 19.3. The van der Waals surface area contributed by atoms with Gasteiger partial charge in [-0.2, -0.15) is 0 Å². The number of methoxy groups -OCH3 is 1. The van der Waals surface area contributed by atoms with Gasteiger partial charge in [0.25, 0.3) is 0 Å². The van der Waals surface area contributed by atoms with Crippen LogP contribution in [0.3, 0.4) is 0 Å². The van der Waals surface area contributed by atoms with E-state index in [9.17, 15) is 4.79 Å². The molecule has 2 fully saturated rings. The van der Waals surface area contributed by atoms with Crippen molar-refractivity contribution in [3.8, 4) is 5.75 Å². The van der Waals surface area contributed by atoms with Crippen molar-refractivity contribution in [1.29, 1.82) is 0 Å². The number of urea groups is 1. The topological polar surface area (TPSA) is 36.0 Å². The molecular formula is C27H37N3O2. The molecule has 4 rings (SSSR count). The van der Waals surface area contributed by atoms with Crippen molar-refractivity contribution in [2.45, 2.75) is 63.2 Å². The Bertz CT molecular complexity index is 916. The lowest BCUT2D eigenvalue weighted by Crippen LogP contribution is -2.57. The number of amides is 2. The lowest BCUT2D eigenvalue weighted by molar-refractivity contribution is 0.0155. The van der Waals surface area contributed by atoms with Gasteiger partial charge in [0.2, 0.25) is 0 Å². The molecular weight excluding hydrogens is 398 g/mol. The van der Waals surface area contributed by atoms with Crippen LogP contribution in [0.1, 0.15) is 50.7 Å². The normalized spacial score (nSPS) is 25.9. The Morgan fingerprint density at radius 3 is 2.12 bits per heavy atom. The summed E-state index contributed by atoms with van der Waals surface area (Å²) in [5, 5.41) is 0. The summed E-state index contributed by atoms with van der Waals surface area (Å²) in [7, 11) is 6.07. The first-order valence-electron chi connectivity index (χ1n) is 11.8. The molecule has 172 valence electrons. The number of hydrogen-bond acceptors (Lipinski definition) is 3. The van der Waals surface area contributed by atoms with E-state index >= 15 is 0 Å². The highest BCUT2D eigenvalue weighted by atomic mass is 16.5. The van der Waals surface area contributed by atoms with Gasteiger partial charge in [0.15, 0.2) is 0 Å². The van der Waals surface area contributed by atoms with Crippen molar-refractivity contribution in [3.05, 3.63) is 65.7 Å². The zero-order chi connectivity index (χ0) is 22.9. The van der Waals surface area contributed by atoms with Gasteiger partial charge in [0.1, 0.15) is 5.75 Å². The molecule has 1 saturated heterocycles. The first-order chi connectivity index (χ1) is 15.3. The van der Waals surface area contributed by atoms with Crippen LogP contribution in [0.25, 0.3) is 0 Å². The lowest BCUT2D eigenvalue weighted by Gasteiger charge is -2.51. The number of ether oxygens (including phenoxy) is 1. The molecule has 0 N–H and O–H groups in total. The van der Waals surface area contributed by atoms with Crippen LogP contribution in [0.4, 0.5) is 4.79 Å². The zero-order valence-corrected chi connectivity index (χ0v) is 20.2. The van der Waals surface area contributed by atoms with Crippen molar-refractivity contribution in [3.63, 3.8) is 0 Å². The van der Waals surface area contributed by atoms with E-state index in [-0.39, 0.29) is 23.2 Å². The van der Waals surface area contributed by atoms with E-state index < -0.39 is 0 Å². The Hall–Kier alpha value is -2.53. The standard InChI is InChI=1S/C27H37N3O2/c1-21(2)30-25(31)29(19-22-11-13-24(32-5)14-12-22)20-26(30)15-17-27(18-16-26,28(3)4)23-9-7-6-8-10-23/h6-14,21H,15-20H2,1-5H3. The van der Waals surface area contributed by atoms with E-state index in [0.29, 0.717) is 6.54 Å². The molecule has 1 heterocycles. The summed E-state index contributed by atoms with van der Waals surface area (Å²) in [5.74, 6) is 0.843. The second-order valence-corrected chi connectivity index (χ2v) is 9.97. The van der Waals surface area contributed by atoms with Crippen LogP contribution in [0.5, 0.6) is 5.75 Å². The first-order valence-corrected chi connectivity index (χ1v) is 11.8. The quantitative estimate of drug-likeness (QED) is 0.632. The molecule has 32 heavy (non-hydrogen) atoms. The fourth-order valence-corrected chi connectivity index (χ4v) is 5.97. The Morgan fingerprint density at radius 1 is 0.969 bits per heavy atom. The third kappa shape index (κ3) is 3.88. The van der Waals surface area contributed by atoms with E-state index in [0.717, 1.165) is 43.5 Å². The number of rotatable bonds is 6. The Kier molecular flexibility index (Phi) is 6.22. The Balaban J connectivity index is 1.57. The summed E-state index contributed by atoms with van der Waals surface area (Å²) >= 11 is 0. The molecule has 1 aliphatic carbocycles. The van der Waals surface area contributed by atoms with Gasteiger partial charge in [0, 0.05) is 24.7 Å². The second kappa shape index (κ2) is 8.78. The summed E-state index contributed by atoms with van der Waals surface area (Å²) in [6.45, 7) is 5.75. The highest BCUT2D eigenvalue weighted by Gasteiger charge is 2.55. The van der Waals surface area contributed by atoms with Crippen LogP contribution in [0.15, 0.2) is 54.6 Å². The van der Waals surface area contributed by atoms with Crippen molar-refractivity contribution >= 4 is 6.03 Å². The fraction of sp³-hybridized carbons (Fsp3) is 0.519. The van der Waals surface area contributed by atoms with Crippen LogP contribution in [-0.4, -0.2) is 60.1 Å². The molecule has 1 aliphatic heterocycles. The minimum Gasteiger partial charge on any atom is -0.497 e. The highest BCUT2D eigenvalue weighted by molar-refractivity contribution is 5.78. The first kappa shape index (κ1) is 22.7. The van der Waals surface area contributed by atoms with Crippen LogP contribution in [-0.2, 0) is 12.1 Å². The summed E-state index contributed by atoms with van der Waals surface area (Å²) in [4.78, 5) is 20.1. The number of carbonyl (C=O) groups excluding carboxylic acids is 1. The van der Waals surface area contributed by atoms with Gasteiger partial charge in [-0.15, -0.1) is 0 Å². The Morgan fingerprint density at radius 2 is 1.59 bits per heavy atom. The molecule has 5 nitrogen and oxygen atoms in total. The van der Waals surface area contributed by atoms with Gasteiger partial charge in [0.05, 0.1) is 12.6 Å². The van der Waals surface area contributed by atoms with Crippen molar-refractivity contribution in [1.82, 2.24) is 14.7 Å². The maximum Gasteiger partial charge on any atom is 0.321 e. The molecule has 0 atom stereocenters. The number of nitrogens with zero attached hydrogens (tertiary/aromatic N) is 3. The second-order valence-electron chi connectivity index (χ2n) is 9.97. The van der Waals surface area contributed by atoms with E-state index in [2.05, 4.69) is 80.2 Å². The molecule has 2 aromatic rings. The van der Waals surface area contributed by atoms with Crippen LogP contribution in [0, 0.1) is 0 Å². The molecule has 0 unspecified atom stereocenters. The molecule has 1 spiro atoms. The zero-order valence-electron chi connectivity index (χ0n) is 20.2. The predicted molar refractivity (Wildman–Crippen MR) is 129 cm³/mol. The molecule has 2 aliphatic rings. The predicted octanol–water partition coefficient (Wildman–Crippen LogP) is 5.11. The maximum atomic E-state index is 13.5. The third-order valence-electron chi connectivity index (χ3n) is 7.70. The molecule has 0 bridgehead atoms. The van der Waals surface area contributed by atoms with E-state index in [1.807, 2.05) is 17.0 Å². The van der Waals surface area contributed by atoms with Crippen LogP contribution < -0.4 is 4.74 Å². The summed E-state index contributed by atoms with van der Waals surface area (Å²) in [6.07, 6.45) is 4.14. The van der Waals surface area contributed by atoms with Gasteiger partial charge in [-0.05, 0) is 76.9 Å². The fourth-order valence-electron chi connectivity index (χ4n) is 5.97. The maximum absolute atomic E-state index is 13.5. The molecule has 2 aromatic carbocycles. The minimum absolute atomic E-state index is 0.0294. The van der Waals surface area contributed by atoms with E-state index in [4.69, 9.17) is 4.74 Å². The molecule has 0 radical (unpaired) electrons.